The van der Waals surface area contributed by atoms with Crippen LogP contribution in [-0.4, -0.2) is 114 Å². The van der Waals surface area contributed by atoms with E-state index in [0.29, 0.717) is 43.3 Å². The van der Waals surface area contributed by atoms with Crippen LogP contribution in [0.1, 0.15) is 75.9 Å². The summed E-state index contributed by atoms with van der Waals surface area (Å²) in [5.74, 6) is 0.343. The van der Waals surface area contributed by atoms with E-state index in [1.165, 1.54) is 14.2 Å². The van der Waals surface area contributed by atoms with E-state index in [1.54, 1.807) is 28.4 Å². The third-order valence-electron chi connectivity index (χ3n) is 14.0. The Morgan fingerprint density at radius 1 is 0.640 bits per heavy atom. The van der Waals surface area contributed by atoms with Crippen LogP contribution in [0, 0.1) is 11.8 Å². The Balaban J connectivity index is 0.905. The lowest BCUT2D eigenvalue weighted by Crippen LogP contribution is -2.51. The number of methoxy groups -OCH3 is 2. The summed E-state index contributed by atoms with van der Waals surface area (Å²) in [6.45, 7) is 8.22. The van der Waals surface area contributed by atoms with Gasteiger partial charge >= 0.3 is 12.2 Å². The SMILES string of the molecule is COC(=O)N[C@H](C(=O)N1C[C@H](N/C=C(\N)c2ccccc2)CC1c1ncc(-c2ccc(-c3ccc(-c4cnc(C5C[C@@H](n6cc(-c7ccccc7)nn6)CN5C(=O)[C@@H](NC(=O)OC)C(C)C)[nH]4)cc3)cc2)[nH]1)C(C)C. The number of nitrogens with two attached hydrogens (primary N) is 1. The zero-order valence-corrected chi connectivity index (χ0v) is 42.8. The molecule has 2 fully saturated rings. The predicted octanol–water partition coefficient (Wildman–Crippen LogP) is 7.86. The Kier molecular flexibility index (Phi) is 15.4. The van der Waals surface area contributed by atoms with Crippen LogP contribution in [0.25, 0.3) is 50.6 Å². The van der Waals surface area contributed by atoms with Gasteiger partial charge in [0.25, 0.3) is 0 Å². The summed E-state index contributed by atoms with van der Waals surface area (Å²) in [5.41, 5.74) is 15.0. The number of likely N-dealkylation sites (tertiary alicyclic amines) is 2. The van der Waals surface area contributed by atoms with E-state index in [0.717, 1.165) is 50.5 Å². The molecule has 75 heavy (non-hydrogen) atoms. The lowest BCUT2D eigenvalue weighted by molar-refractivity contribution is -0.136. The average molecular weight is 1010 g/mol. The lowest BCUT2D eigenvalue weighted by atomic mass is 10.0. The molecule has 0 saturated carbocycles. The van der Waals surface area contributed by atoms with Gasteiger partial charge in [-0.3, -0.25) is 9.59 Å². The number of amides is 4. The first-order chi connectivity index (χ1) is 36.3. The number of H-pyrrole nitrogens is 2. The third-order valence-corrected chi connectivity index (χ3v) is 14.0. The third kappa shape index (κ3) is 11.4. The van der Waals surface area contributed by atoms with Gasteiger partial charge in [0, 0.05) is 30.9 Å². The number of hydrogen-bond acceptors (Lipinski definition) is 12. The van der Waals surface area contributed by atoms with Crippen molar-refractivity contribution in [1.82, 2.24) is 60.7 Å². The summed E-state index contributed by atoms with van der Waals surface area (Å²) >= 11 is 0. The summed E-state index contributed by atoms with van der Waals surface area (Å²) < 4.78 is 11.6. The Bertz CT molecular complexity index is 3110. The van der Waals surface area contributed by atoms with Crippen LogP contribution < -0.4 is 21.7 Å². The molecule has 4 aromatic carbocycles. The Labute approximate surface area is 435 Å². The molecule has 2 unspecified atom stereocenters. The Morgan fingerprint density at radius 2 is 1.12 bits per heavy atom. The quantitative estimate of drug-likeness (QED) is 0.0542. The molecule has 7 N–H and O–H groups in total. The molecule has 0 aliphatic carbocycles. The van der Waals surface area contributed by atoms with Crippen LogP contribution in [0.4, 0.5) is 9.59 Å². The highest BCUT2D eigenvalue weighted by molar-refractivity contribution is 5.87. The fourth-order valence-corrected chi connectivity index (χ4v) is 9.83. The van der Waals surface area contributed by atoms with Gasteiger partial charge in [0.1, 0.15) is 29.4 Å². The van der Waals surface area contributed by atoms with Crippen molar-refractivity contribution in [2.75, 3.05) is 27.3 Å². The second kappa shape index (κ2) is 22.6. The molecule has 2 saturated heterocycles. The Hall–Kier alpha value is -8.74. The zero-order valence-electron chi connectivity index (χ0n) is 42.8. The number of imidazole rings is 2. The van der Waals surface area contributed by atoms with Crippen LogP contribution in [-0.2, 0) is 19.1 Å². The summed E-state index contributed by atoms with van der Waals surface area (Å²) in [6, 6.07) is 33.0. The zero-order chi connectivity index (χ0) is 52.8. The standard InChI is InChI=1S/C56H63N13O6/c1-33(2)49(63-55(72)74-5)53(70)67-30-41(58-27-43(57)37-13-9-7-10-14-37)25-47(67)51-59-28-44(61-51)39-21-17-35(18-22-39)36-19-23-40(24-20-36)45-29-60-52(62-45)48-26-42(69-32-46(65-66-69)38-15-11-8-12-16-38)31-68(48)54(71)50(34(3)4)64-56(73)75-6/h7-24,27-29,32-34,41-42,47-50,58H,25-26,30-31,57H2,1-6H3,(H,59,61)(H,60,62)(H,63,72)(H,64,73)/b43-27-/t41-,42-,47?,48?,49+,50+/m1/s1. The first-order valence-corrected chi connectivity index (χ1v) is 25.1. The van der Waals surface area contributed by atoms with Crippen molar-refractivity contribution >= 4 is 29.7 Å². The van der Waals surface area contributed by atoms with Crippen LogP contribution in [0.2, 0.25) is 0 Å². The number of aromatic amines is 2. The van der Waals surface area contributed by atoms with Crippen LogP contribution in [0.3, 0.4) is 0 Å². The molecule has 9 rings (SSSR count). The number of nitrogens with zero attached hydrogens (tertiary/aromatic N) is 7. The molecule has 0 spiro atoms. The lowest BCUT2D eigenvalue weighted by Gasteiger charge is -2.30. The molecule has 19 nitrogen and oxygen atoms in total. The van der Waals surface area contributed by atoms with Crippen molar-refractivity contribution in [2.45, 2.75) is 76.8 Å². The normalized spacial score (nSPS) is 18.5. The van der Waals surface area contributed by atoms with E-state index >= 15 is 0 Å². The topological polar surface area (TPSA) is 243 Å². The number of hydrogen-bond donors (Lipinski definition) is 6. The van der Waals surface area contributed by atoms with Gasteiger partial charge in [-0.2, -0.15) is 0 Å². The molecule has 19 heteroatoms. The van der Waals surface area contributed by atoms with Crippen molar-refractivity contribution < 1.29 is 28.7 Å². The fraction of sp³-hybridized carbons (Fsp3) is 0.321. The Morgan fingerprint density at radius 3 is 1.63 bits per heavy atom. The minimum Gasteiger partial charge on any atom is -0.453 e. The number of rotatable bonds is 16. The van der Waals surface area contributed by atoms with Gasteiger partial charge in [-0.05, 0) is 52.5 Å². The number of aromatic nitrogens is 7. The second-order valence-electron chi connectivity index (χ2n) is 19.7. The van der Waals surface area contributed by atoms with Crippen LogP contribution >= 0.6 is 0 Å². The monoisotopic (exact) mass is 1010 g/mol. The second-order valence-corrected chi connectivity index (χ2v) is 19.7. The highest BCUT2D eigenvalue weighted by Gasteiger charge is 2.44. The van der Waals surface area contributed by atoms with E-state index in [2.05, 4.69) is 60.5 Å². The van der Waals surface area contributed by atoms with Gasteiger partial charge in [-0.25, -0.2) is 24.2 Å². The number of ether oxygens (including phenoxy) is 2. The minimum absolute atomic E-state index is 0.149. The van der Waals surface area contributed by atoms with Crippen molar-refractivity contribution in [2.24, 2.45) is 17.6 Å². The van der Waals surface area contributed by atoms with Gasteiger partial charge < -0.3 is 50.9 Å². The van der Waals surface area contributed by atoms with Crippen molar-refractivity contribution in [3.63, 3.8) is 0 Å². The summed E-state index contributed by atoms with van der Waals surface area (Å²) in [5, 5.41) is 17.8. The molecule has 2 aliphatic heterocycles. The maximum Gasteiger partial charge on any atom is 0.407 e. The molecule has 6 atom stereocenters. The molecular formula is C56H63N13O6. The largest absolute Gasteiger partial charge is 0.453 e. The minimum atomic E-state index is -0.824. The number of benzene rings is 4. The molecule has 4 amide bonds. The van der Waals surface area contributed by atoms with Gasteiger partial charge in [-0.15, -0.1) is 5.10 Å². The molecule has 0 bridgehead atoms. The van der Waals surface area contributed by atoms with Crippen molar-refractivity contribution in [1.29, 1.82) is 0 Å². The molecular weight excluding hydrogens is 951 g/mol. The smallest absolute Gasteiger partial charge is 0.407 e. The number of carbonyl (C=O) groups excluding carboxylic acids is 4. The number of carbonyl (C=O) groups is 4. The first-order valence-electron chi connectivity index (χ1n) is 25.1. The van der Waals surface area contributed by atoms with E-state index < -0.39 is 36.4 Å². The summed E-state index contributed by atoms with van der Waals surface area (Å²) in [7, 11) is 2.55. The van der Waals surface area contributed by atoms with Crippen LogP contribution in [0.15, 0.2) is 134 Å². The summed E-state index contributed by atoms with van der Waals surface area (Å²) in [6.07, 6.45) is 6.94. The average Bonchev–Trinajstić information content (AvgIpc) is 4.31. The molecule has 7 aromatic rings. The molecule has 5 heterocycles. The van der Waals surface area contributed by atoms with Gasteiger partial charge in [0.15, 0.2) is 0 Å². The maximum atomic E-state index is 14.4. The highest BCUT2D eigenvalue weighted by atomic mass is 16.5. The molecule has 0 radical (unpaired) electrons. The van der Waals surface area contributed by atoms with E-state index in [9.17, 15) is 19.2 Å². The van der Waals surface area contributed by atoms with Gasteiger partial charge in [-0.1, -0.05) is 142 Å². The van der Waals surface area contributed by atoms with Crippen molar-refractivity contribution in [3.8, 4) is 44.9 Å². The van der Waals surface area contributed by atoms with Crippen LogP contribution in [0.5, 0.6) is 0 Å². The molecule has 3 aromatic heterocycles. The number of nitrogens with one attached hydrogen (secondary N) is 5. The predicted molar refractivity (Wildman–Crippen MR) is 284 cm³/mol. The van der Waals surface area contributed by atoms with E-state index in [1.807, 2.05) is 124 Å². The van der Waals surface area contributed by atoms with E-state index in [4.69, 9.17) is 25.2 Å². The van der Waals surface area contributed by atoms with Gasteiger partial charge in [0.05, 0.1) is 68.0 Å². The first kappa shape index (κ1) is 51.2. The highest BCUT2D eigenvalue weighted by Crippen LogP contribution is 2.39. The van der Waals surface area contributed by atoms with Gasteiger partial charge in [0.2, 0.25) is 11.8 Å². The fourth-order valence-electron chi connectivity index (χ4n) is 9.83. The maximum absolute atomic E-state index is 14.4. The molecule has 388 valence electrons. The number of alkyl carbamates (subject to hydrolysis) is 2. The van der Waals surface area contributed by atoms with Crippen molar-refractivity contribution in [3.05, 3.63) is 151 Å². The molecule has 2 aliphatic rings. The summed E-state index contributed by atoms with van der Waals surface area (Å²) in [4.78, 5) is 73.5. The van der Waals surface area contributed by atoms with E-state index in [-0.39, 0.29) is 35.7 Å².